The molecule has 1 aromatic carbocycles. The highest BCUT2D eigenvalue weighted by Gasteiger charge is 2.08. The molecule has 17 heavy (non-hydrogen) atoms. The average molecular weight is 248 g/mol. The standard InChI is InChI=1S/C13H20N2OSi/c1-11(14-15(2)17(3)4)10-13(16)12-8-6-5-7-9-12/h5-9,17H,10H2,1-4H3. The van der Waals surface area contributed by atoms with E-state index in [1.807, 2.05) is 49.0 Å². The van der Waals surface area contributed by atoms with E-state index in [4.69, 9.17) is 0 Å². The van der Waals surface area contributed by atoms with Crippen LogP contribution in [-0.4, -0.2) is 32.2 Å². The first-order valence-electron chi connectivity index (χ1n) is 5.86. The van der Waals surface area contributed by atoms with Gasteiger partial charge in [-0.3, -0.25) is 4.79 Å². The highest BCUT2D eigenvalue weighted by molar-refractivity contribution is 6.52. The van der Waals surface area contributed by atoms with Gasteiger partial charge in [0.25, 0.3) is 0 Å². The van der Waals surface area contributed by atoms with E-state index in [-0.39, 0.29) is 5.78 Å². The molecule has 0 heterocycles. The fourth-order valence-electron chi connectivity index (χ4n) is 1.38. The highest BCUT2D eigenvalue weighted by atomic mass is 28.3. The molecule has 0 radical (unpaired) electrons. The third-order valence-corrected chi connectivity index (χ3v) is 4.20. The summed E-state index contributed by atoms with van der Waals surface area (Å²) in [5.41, 5.74) is 1.63. The quantitative estimate of drug-likeness (QED) is 0.347. The lowest BCUT2D eigenvalue weighted by molar-refractivity contribution is 0.1000. The molecule has 4 heteroatoms. The minimum absolute atomic E-state index is 0.130. The molecule has 0 unspecified atom stereocenters. The number of hydrogen-bond acceptors (Lipinski definition) is 3. The van der Waals surface area contributed by atoms with Gasteiger partial charge < -0.3 is 4.67 Å². The van der Waals surface area contributed by atoms with Crippen LogP contribution in [0.3, 0.4) is 0 Å². The van der Waals surface area contributed by atoms with E-state index >= 15 is 0 Å². The normalized spacial score (nSPS) is 11.7. The predicted octanol–water partition coefficient (Wildman–Crippen LogP) is 2.55. The van der Waals surface area contributed by atoms with Crippen LogP contribution in [0.4, 0.5) is 0 Å². The zero-order valence-electron chi connectivity index (χ0n) is 11.0. The van der Waals surface area contributed by atoms with E-state index in [0.29, 0.717) is 6.42 Å². The number of hydrogen-bond donors (Lipinski definition) is 0. The molecule has 92 valence electrons. The Morgan fingerprint density at radius 2 is 1.88 bits per heavy atom. The Balaban J connectivity index is 2.64. The minimum atomic E-state index is -0.905. The zero-order chi connectivity index (χ0) is 12.8. The SMILES string of the molecule is CC(CC(=O)c1ccccc1)=NN(C)[SiH](C)C. The molecule has 0 N–H and O–H groups in total. The Labute approximate surface area is 105 Å². The molecule has 0 amide bonds. The summed E-state index contributed by atoms with van der Waals surface area (Å²) in [5.74, 6) is 0.130. The first-order valence-corrected chi connectivity index (χ1v) is 8.68. The second kappa shape index (κ2) is 6.35. The number of nitrogens with zero attached hydrogens (tertiary/aromatic N) is 2. The zero-order valence-corrected chi connectivity index (χ0v) is 12.1. The molecule has 1 aromatic rings. The van der Waals surface area contributed by atoms with Crippen LogP contribution in [0.5, 0.6) is 0 Å². The number of benzene rings is 1. The van der Waals surface area contributed by atoms with Gasteiger partial charge in [-0.15, -0.1) is 0 Å². The number of ketones is 1. The van der Waals surface area contributed by atoms with Crippen LogP contribution >= 0.6 is 0 Å². The molecule has 0 saturated heterocycles. The van der Waals surface area contributed by atoms with Crippen LogP contribution in [0, 0.1) is 0 Å². The van der Waals surface area contributed by atoms with Gasteiger partial charge in [-0.1, -0.05) is 43.4 Å². The van der Waals surface area contributed by atoms with Gasteiger partial charge in [-0.05, 0) is 6.92 Å². The molecular weight excluding hydrogens is 228 g/mol. The summed E-state index contributed by atoms with van der Waals surface area (Å²) in [6.45, 7) is 6.32. The van der Waals surface area contributed by atoms with Crippen LogP contribution in [0.15, 0.2) is 35.4 Å². The van der Waals surface area contributed by atoms with Gasteiger partial charge in [-0.2, -0.15) is 5.10 Å². The van der Waals surface area contributed by atoms with Crippen molar-refractivity contribution in [2.45, 2.75) is 26.4 Å². The number of hydrazone groups is 1. The van der Waals surface area contributed by atoms with Crippen molar-refractivity contribution in [1.82, 2.24) is 4.67 Å². The van der Waals surface area contributed by atoms with Crippen molar-refractivity contribution in [2.24, 2.45) is 5.10 Å². The summed E-state index contributed by atoms with van der Waals surface area (Å²) < 4.78 is 2.01. The van der Waals surface area contributed by atoms with Crippen LogP contribution in [-0.2, 0) is 0 Å². The summed E-state index contributed by atoms with van der Waals surface area (Å²) in [7, 11) is 1.07. The molecule has 0 aliphatic heterocycles. The maximum atomic E-state index is 11.9. The van der Waals surface area contributed by atoms with Crippen molar-refractivity contribution < 1.29 is 4.79 Å². The highest BCUT2D eigenvalue weighted by Crippen LogP contribution is 2.04. The van der Waals surface area contributed by atoms with Crippen LogP contribution in [0.1, 0.15) is 23.7 Å². The molecule has 0 spiro atoms. The lowest BCUT2D eigenvalue weighted by Crippen LogP contribution is -2.26. The van der Waals surface area contributed by atoms with Gasteiger partial charge in [0.05, 0.1) is 6.42 Å². The molecular formula is C13H20N2OSi. The minimum Gasteiger partial charge on any atom is -0.331 e. The van der Waals surface area contributed by atoms with E-state index in [2.05, 4.69) is 18.2 Å². The largest absolute Gasteiger partial charge is 0.331 e. The summed E-state index contributed by atoms with van der Waals surface area (Å²) in [6.07, 6.45) is 0.398. The molecule has 3 nitrogen and oxygen atoms in total. The predicted molar refractivity (Wildman–Crippen MR) is 75.1 cm³/mol. The van der Waals surface area contributed by atoms with Crippen molar-refractivity contribution in [3.63, 3.8) is 0 Å². The first-order chi connectivity index (χ1) is 8.00. The Morgan fingerprint density at radius 3 is 2.41 bits per heavy atom. The lowest BCUT2D eigenvalue weighted by Gasteiger charge is -2.17. The van der Waals surface area contributed by atoms with Gasteiger partial charge in [0.2, 0.25) is 0 Å². The monoisotopic (exact) mass is 248 g/mol. The smallest absolute Gasteiger partial charge is 0.168 e. The van der Waals surface area contributed by atoms with Crippen molar-refractivity contribution in [3.05, 3.63) is 35.9 Å². The maximum Gasteiger partial charge on any atom is 0.168 e. The fraction of sp³-hybridized carbons (Fsp3) is 0.385. The number of Topliss-reactive ketones (excluding diaryl/α,β-unsaturated/α-hetero) is 1. The first kappa shape index (κ1) is 13.6. The van der Waals surface area contributed by atoms with Crippen molar-refractivity contribution in [1.29, 1.82) is 0 Å². The molecule has 0 aliphatic rings. The summed E-state index contributed by atoms with van der Waals surface area (Å²) in [5, 5.41) is 4.43. The van der Waals surface area contributed by atoms with Crippen LogP contribution < -0.4 is 0 Å². The molecule has 0 bridgehead atoms. The van der Waals surface area contributed by atoms with E-state index in [1.54, 1.807) is 0 Å². The van der Waals surface area contributed by atoms with Gasteiger partial charge in [0, 0.05) is 18.3 Å². The lowest BCUT2D eigenvalue weighted by atomic mass is 10.1. The summed E-state index contributed by atoms with van der Waals surface area (Å²) in [6, 6.07) is 9.36. The van der Waals surface area contributed by atoms with Crippen molar-refractivity contribution in [3.8, 4) is 0 Å². The van der Waals surface area contributed by atoms with Crippen molar-refractivity contribution >= 4 is 20.5 Å². The van der Waals surface area contributed by atoms with E-state index in [0.717, 1.165) is 11.3 Å². The molecule has 0 aliphatic carbocycles. The van der Waals surface area contributed by atoms with E-state index in [9.17, 15) is 4.79 Å². The van der Waals surface area contributed by atoms with Gasteiger partial charge in [0.15, 0.2) is 14.7 Å². The molecule has 0 saturated carbocycles. The Kier molecular flexibility index (Phi) is 5.09. The number of carbonyl (C=O) groups excluding carboxylic acids is 1. The van der Waals surface area contributed by atoms with Gasteiger partial charge in [-0.25, -0.2) is 0 Å². The second-order valence-electron chi connectivity index (χ2n) is 4.47. The van der Waals surface area contributed by atoms with Crippen molar-refractivity contribution in [2.75, 3.05) is 7.05 Å². The van der Waals surface area contributed by atoms with Gasteiger partial charge >= 0.3 is 0 Å². The Bertz CT molecular complexity index is 401. The molecule has 0 atom stereocenters. The molecule has 0 fully saturated rings. The van der Waals surface area contributed by atoms with Crippen LogP contribution in [0.2, 0.25) is 13.1 Å². The third kappa shape index (κ3) is 4.52. The van der Waals surface area contributed by atoms with E-state index in [1.165, 1.54) is 0 Å². The second-order valence-corrected chi connectivity index (χ2v) is 7.40. The fourth-order valence-corrected chi connectivity index (χ4v) is 1.81. The third-order valence-electron chi connectivity index (χ3n) is 2.59. The van der Waals surface area contributed by atoms with Crippen LogP contribution in [0.25, 0.3) is 0 Å². The summed E-state index contributed by atoms with van der Waals surface area (Å²) in [4.78, 5) is 11.9. The average Bonchev–Trinajstić information content (AvgIpc) is 2.29. The topological polar surface area (TPSA) is 32.7 Å². The van der Waals surface area contributed by atoms with E-state index < -0.39 is 8.96 Å². The molecule has 0 aromatic heterocycles. The summed E-state index contributed by atoms with van der Waals surface area (Å²) >= 11 is 0. The maximum absolute atomic E-state index is 11.9. The number of carbonyl (C=O) groups is 1. The number of rotatable bonds is 5. The molecule has 1 rings (SSSR count). The Hall–Kier alpha value is -1.42. The Morgan fingerprint density at radius 1 is 1.29 bits per heavy atom. The van der Waals surface area contributed by atoms with Gasteiger partial charge in [0.1, 0.15) is 0 Å².